The minimum Gasteiger partial charge on any atom is -0.325 e. The number of carbonyl (C=O) groups is 2. The molecule has 5 nitrogen and oxygen atoms in total. The van der Waals surface area contributed by atoms with E-state index in [1.54, 1.807) is 17.0 Å². The molecule has 6 heteroatoms. The molecule has 0 unspecified atom stereocenters. The predicted molar refractivity (Wildman–Crippen MR) is 111 cm³/mol. The van der Waals surface area contributed by atoms with Gasteiger partial charge in [0.2, 0.25) is 11.8 Å². The van der Waals surface area contributed by atoms with Crippen LogP contribution in [0.3, 0.4) is 0 Å². The van der Waals surface area contributed by atoms with Gasteiger partial charge in [0.15, 0.2) is 0 Å². The first-order chi connectivity index (χ1) is 12.8. The van der Waals surface area contributed by atoms with Crippen LogP contribution in [0.25, 0.3) is 0 Å². The van der Waals surface area contributed by atoms with Crippen molar-refractivity contribution in [1.29, 1.82) is 0 Å². The molecule has 144 valence electrons. The maximum Gasteiger partial charge on any atom is 0.238 e. The van der Waals surface area contributed by atoms with Gasteiger partial charge in [0.1, 0.15) is 0 Å². The van der Waals surface area contributed by atoms with Gasteiger partial charge in [0.05, 0.1) is 13.1 Å². The normalized spacial score (nSPS) is 10.7. The largest absolute Gasteiger partial charge is 0.325 e. The summed E-state index contributed by atoms with van der Waals surface area (Å²) in [4.78, 5) is 26.5. The zero-order chi connectivity index (χ0) is 20.0. The summed E-state index contributed by atoms with van der Waals surface area (Å²) < 4.78 is 0. The van der Waals surface area contributed by atoms with Crippen molar-refractivity contribution in [2.24, 2.45) is 0 Å². The Kier molecular flexibility index (Phi) is 7.39. The fraction of sp³-hybridized carbons (Fsp3) is 0.333. The third-order valence-electron chi connectivity index (χ3n) is 4.53. The van der Waals surface area contributed by atoms with E-state index in [4.69, 9.17) is 11.6 Å². The van der Waals surface area contributed by atoms with E-state index < -0.39 is 0 Å². The lowest BCUT2D eigenvalue weighted by atomic mass is 10.1. The molecule has 0 aliphatic heterocycles. The topological polar surface area (TPSA) is 61.4 Å². The van der Waals surface area contributed by atoms with E-state index in [0.717, 1.165) is 22.4 Å². The maximum absolute atomic E-state index is 12.4. The first-order valence-electron chi connectivity index (χ1n) is 8.94. The summed E-state index contributed by atoms with van der Waals surface area (Å²) in [5, 5.41) is 6.35. The van der Waals surface area contributed by atoms with Crippen LogP contribution in [0.2, 0.25) is 5.02 Å². The number of nitrogens with zero attached hydrogens (tertiary/aromatic N) is 1. The second kappa shape index (κ2) is 9.53. The van der Waals surface area contributed by atoms with Gasteiger partial charge in [-0.15, -0.1) is 0 Å². The third-order valence-corrected chi connectivity index (χ3v) is 4.77. The lowest BCUT2D eigenvalue weighted by Gasteiger charge is -2.20. The van der Waals surface area contributed by atoms with Crippen LogP contribution in [0.5, 0.6) is 0 Å². The van der Waals surface area contributed by atoms with Crippen molar-refractivity contribution in [3.8, 4) is 0 Å². The number of hydrogen-bond acceptors (Lipinski definition) is 3. The molecule has 0 aliphatic rings. The van der Waals surface area contributed by atoms with Crippen molar-refractivity contribution < 1.29 is 9.59 Å². The van der Waals surface area contributed by atoms with Crippen LogP contribution in [-0.4, -0.2) is 36.3 Å². The second-order valence-corrected chi connectivity index (χ2v) is 7.04. The van der Waals surface area contributed by atoms with Gasteiger partial charge in [0, 0.05) is 16.4 Å². The quantitative estimate of drug-likeness (QED) is 0.749. The summed E-state index contributed by atoms with van der Waals surface area (Å²) in [6.45, 7) is 8.66. The Morgan fingerprint density at radius 3 is 2.19 bits per heavy atom. The van der Waals surface area contributed by atoms with E-state index in [1.807, 2.05) is 52.0 Å². The minimum atomic E-state index is -0.179. The number of aryl methyl sites for hydroxylation is 2. The molecule has 2 amide bonds. The molecule has 2 rings (SSSR count). The van der Waals surface area contributed by atoms with Gasteiger partial charge in [-0.1, -0.05) is 36.7 Å². The fourth-order valence-electron chi connectivity index (χ4n) is 2.68. The van der Waals surface area contributed by atoms with Crippen molar-refractivity contribution in [2.75, 3.05) is 30.3 Å². The Morgan fingerprint density at radius 1 is 0.926 bits per heavy atom. The van der Waals surface area contributed by atoms with Crippen LogP contribution >= 0.6 is 11.6 Å². The highest BCUT2D eigenvalue weighted by molar-refractivity contribution is 6.31. The molecule has 2 N–H and O–H groups in total. The Balaban J connectivity index is 1.94. The summed E-state index contributed by atoms with van der Waals surface area (Å²) in [5.74, 6) is -0.320. The van der Waals surface area contributed by atoms with E-state index in [0.29, 0.717) is 17.3 Å². The smallest absolute Gasteiger partial charge is 0.238 e. The average Bonchev–Trinajstić information content (AvgIpc) is 2.61. The van der Waals surface area contributed by atoms with E-state index in [1.165, 1.54) is 0 Å². The molecule has 0 atom stereocenters. The number of nitrogens with one attached hydrogen (secondary N) is 2. The highest BCUT2D eigenvalue weighted by Crippen LogP contribution is 2.20. The van der Waals surface area contributed by atoms with Crippen LogP contribution in [0.15, 0.2) is 36.4 Å². The minimum absolute atomic E-state index is 0.128. The number of amides is 2. The van der Waals surface area contributed by atoms with E-state index in [-0.39, 0.29) is 24.9 Å². The zero-order valence-electron chi connectivity index (χ0n) is 16.2. The van der Waals surface area contributed by atoms with Gasteiger partial charge in [0.25, 0.3) is 0 Å². The Morgan fingerprint density at radius 2 is 1.56 bits per heavy atom. The van der Waals surface area contributed by atoms with Gasteiger partial charge in [-0.3, -0.25) is 14.5 Å². The molecule has 0 radical (unpaired) electrons. The molecular weight excluding hydrogens is 362 g/mol. The average molecular weight is 388 g/mol. The standard InChI is InChI=1S/C21H26ClN3O2/c1-5-25(12-20(26)23-18-8-6-7-14(2)16(18)4)13-21(27)24-19-11-17(22)10-9-15(19)3/h6-11H,5,12-13H2,1-4H3,(H,23,26)(H,24,27). The van der Waals surface area contributed by atoms with Gasteiger partial charge in [-0.05, 0) is 62.2 Å². The highest BCUT2D eigenvalue weighted by Gasteiger charge is 2.15. The van der Waals surface area contributed by atoms with Gasteiger partial charge < -0.3 is 10.6 Å². The van der Waals surface area contributed by atoms with Crippen molar-refractivity contribution in [1.82, 2.24) is 4.90 Å². The van der Waals surface area contributed by atoms with Crippen molar-refractivity contribution in [3.05, 3.63) is 58.1 Å². The van der Waals surface area contributed by atoms with Crippen LogP contribution < -0.4 is 10.6 Å². The molecule has 0 saturated heterocycles. The van der Waals surface area contributed by atoms with Crippen molar-refractivity contribution in [3.63, 3.8) is 0 Å². The Bertz CT molecular complexity index is 818. The van der Waals surface area contributed by atoms with Crippen LogP contribution in [0.1, 0.15) is 23.6 Å². The molecule has 0 bridgehead atoms. The predicted octanol–water partition coefficient (Wildman–Crippen LogP) is 4.16. The molecule has 0 saturated carbocycles. The Labute approximate surface area is 165 Å². The summed E-state index contributed by atoms with van der Waals surface area (Å²) >= 11 is 5.99. The molecule has 2 aromatic carbocycles. The van der Waals surface area contributed by atoms with Crippen LogP contribution in [0, 0.1) is 20.8 Å². The summed E-state index contributed by atoms with van der Waals surface area (Å²) in [6.07, 6.45) is 0. The van der Waals surface area contributed by atoms with E-state index in [9.17, 15) is 9.59 Å². The SMILES string of the molecule is CCN(CC(=O)Nc1cc(Cl)ccc1C)CC(=O)Nc1cccc(C)c1C. The lowest BCUT2D eigenvalue weighted by Crippen LogP contribution is -2.38. The number of carbonyl (C=O) groups excluding carboxylic acids is 2. The van der Waals surface area contributed by atoms with Crippen molar-refractivity contribution >= 4 is 34.8 Å². The summed E-state index contributed by atoms with van der Waals surface area (Å²) in [7, 11) is 0. The molecule has 0 aromatic heterocycles. The maximum atomic E-state index is 12.4. The molecule has 0 aliphatic carbocycles. The number of halogens is 1. The van der Waals surface area contributed by atoms with Crippen LogP contribution in [-0.2, 0) is 9.59 Å². The molecule has 2 aromatic rings. The number of anilines is 2. The molecular formula is C21H26ClN3O2. The van der Waals surface area contributed by atoms with E-state index in [2.05, 4.69) is 10.6 Å². The first-order valence-corrected chi connectivity index (χ1v) is 9.32. The van der Waals surface area contributed by atoms with Crippen LogP contribution in [0.4, 0.5) is 11.4 Å². The monoisotopic (exact) mass is 387 g/mol. The molecule has 0 heterocycles. The zero-order valence-corrected chi connectivity index (χ0v) is 17.0. The van der Waals surface area contributed by atoms with Gasteiger partial charge in [-0.2, -0.15) is 0 Å². The Hall–Kier alpha value is -2.37. The number of likely N-dealkylation sites (N-methyl/N-ethyl adjacent to an activating group) is 1. The van der Waals surface area contributed by atoms with E-state index >= 15 is 0 Å². The van der Waals surface area contributed by atoms with Gasteiger partial charge in [-0.25, -0.2) is 0 Å². The number of benzene rings is 2. The molecule has 0 fully saturated rings. The summed E-state index contributed by atoms with van der Waals surface area (Å²) in [6, 6.07) is 11.2. The molecule has 27 heavy (non-hydrogen) atoms. The fourth-order valence-corrected chi connectivity index (χ4v) is 2.85. The second-order valence-electron chi connectivity index (χ2n) is 6.61. The summed E-state index contributed by atoms with van der Waals surface area (Å²) in [5.41, 5.74) is 4.58. The molecule has 0 spiro atoms. The highest BCUT2D eigenvalue weighted by atomic mass is 35.5. The number of rotatable bonds is 7. The first kappa shape index (κ1) is 20.9. The third kappa shape index (κ3) is 6.08. The van der Waals surface area contributed by atoms with Gasteiger partial charge >= 0.3 is 0 Å². The van der Waals surface area contributed by atoms with Crippen molar-refractivity contribution in [2.45, 2.75) is 27.7 Å². The number of hydrogen-bond donors (Lipinski definition) is 2. The lowest BCUT2D eigenvalue weighted by molar-refractivity contribution is -0.119.